The number of imide groups is 1. The van der Waals surface area contributed by atoms with Crippen LogP contribution in [0.2, 0.25) is 0 Å². The van der Waals surface area contributed by atoms with E-state index in [-0.39, 0.29) is 30.0 Å². The van der Waals surface area contributed by atoms with E-state index in [1.54, 1.807) is 16.9 Å². The van der Waals surface area contributed by atoms with Gasteiger partial charge in [0.05, 0.1) is 6.10 Å². The lowest BCUT2D eigenvalue weighted by Gasteiger charge is -2.24. The Morgan fingerprint density at radius 1 is 1.14 bits per heavy atom. The maximum absolute atomic E-state index is 12.5. The number of rotatable bonds is 3. The number of carbonyl (C=O) groups excluding carboxylic acids is 3. The molecule has 0 aromatic heterocycles. The Hall–Kier alpha value is -1.63. The summed E-state index contributed by atoms with van der Waals surface area (Å²) < 4.78 is 5.23. The minimum Gasteiger partial charge on any atom is -0.380 e. The summed E-state index contributed by atoms with van der Waals surface area (Å²) in [6.45, 7) is 4.91. The molecule has 0 N–H and O–H groups in total. The second-order valence-electron chi connectivity index (χ2n) is 6.18. The van der Waals surface area contributed by atoms with Crippen molar-refractivity contribution in [1.29, 1.82) is 0 Å². The number of ether oxygens (including phenoxy) is 1. The van der Waals surface area contributed by atoms with E-state index >= 15 is 0 Å². The van der Waals surface area contributed by atoms with Crippen molar-refractivity contribution >= 4 is 17.8 Å². The summed E-state index contributed by atoms with van der Waals surface area (Å²) in [6.07, 6.45) is 0.964. The molecule has 3 atom stereocenters. The maximum atomic E-state index is 12.5. The molecule has 21 heavy (non-hydrogen) atoms. The van der Waals surface area contributed by atoms with Crippen LogP contribution in [0, 0.1) is 0 Å². The smallest absolute Gasteiger partial charge is 0.328 e. The van der Waals surface area contributed by atoms with Crippen LogP contribution in [-0.2, 0) is 14.3 Å². The number of hydrogen-bond acceptors (Lipinski definition) is 4. The first-order chi connectivity index (χ1) is 9.95. The maximum Gasteiger partial charge on any atom is 0.328 e. The fourth-order valence-corrected chi connectivity index (χ4v) is 3.53. The van der Waals surface area contributed by atoms with Crippen LogP contribution in [0.3, 0.4) is 0 Å². The average Bonchev–Trinajstić information content (AvgIpc) is 3.07. The van der Waals surface area contributed by atoms with Crippen LogP contribution in [-0.4, -0.2) is 77.0 Å². The van der Waals surface area contributed by atoms with Crippen LogP contribution in [0.25, 0.3) is 0 Å². The molecule has 3 aliphatic rings. The van der Waals surface area contributed by atoms with Gasteiger partial charge in [-0.1, -0.05) is 0 Å². The minimum absolute atomic E-state index is 0.0866. The third-order valence-corrected chi connectivity index (χ3v) is 4.72. The molecular formula is C14H21N3O4. The van der Waals surface area contributed by atoms with Crippen LogP contribution in [0.4, 0.5) is 4.79 Å². The van der Waals surface area contributed by atoms with Crippen LogP contribution in [0.15, 0.2) is 0 Å². The predicted octanol–water partition coefficient (Wildman–Crippen LogP) is 0.0472. The van der Waals surface area contributed by atoms with Gasteiger partial charge in [-0.2, -0.15) is 0 Å². The normalized spacial score (nSPS) is 32.9. The Morgan fingerprint density at radius 2 is 1.86 bits per heavy atom. The minimum atomic E-state index is -0.626. The zero-order chi connectivity index (χ0) is 15.3. The van der Waals surface area contributed by atoms with Gasteiger partial charge in [-0.15, -0.1) is 0 Å². The zero-order valence-corrected chi connectivity index (χ0v) is 12.6. The van der Waals surface area contributed by atoms with Gasteiger partial charge in [0, 0.05) is 32.7 Å². The zero-order valence-electron chi connectivity index (χ0n) is 12.6. The van der Waals surface area contributed by atoms with Crippen LogP contribution >= 0.6 is 0 Å². The third-order valence-electron chi connectivity index (χ3n) is 4.72. The Morgan fingerprint density at radius 3 is 2.38 bits per heavy atom. The number of methoxy groups -OCH3 is 1. The highest BCUT2D eigenvalue weighted by atomic mass is 16.5. The van der Waals surface area contributed by atoms with Crippen molar-refractivity contribution in [2.75, 3.05) is 20.2 Å². The molecule has 7 nitrogen and oxygen atoms in total. The molecule has 0 unspecified atom stereocenters. The topological polar surface area (TPSA) is 70.2 Å². The van der Waals surface area contributed by atoms with Crippen molar-refractivity contribution in [3.05, 3.63) is 0 Å². The van der Waals surface area contributed by atoms with Gasteiger partial charge in [0.25, 0.3) is 5.91 Å². The van der Waals surface area contributed by atoms with Crippen molar-refractivity contribution in [2.24, 2.45) is 0 Å². The summed E-state index contributed by atoms with van der Waals surface area (Å²) in [5.74, 6) is -0.361. The Bertz CT molecular complexity index is 469. The van der Waals surface area contributed by atoms with Crippen molar-refractivity contribution in [1.82, 2.24) is 14.7 Å². The van der Waals surface area contributed by atoms with Gasteiger partial charge in [0.15, 0.2) is 0 Å². The number of amides is 4. The van der Waals surface area contributed by atoms with Gasteiger partial charge in [-0.3, -0.25) is 9.59 Å². The summed E-state index contributed by atoms with van der Waals surface area (Å²) in [6, 6.07) is -1.33. The fourth-order valence-electron chi connectivity index (χ4n) is 3.53. The van der Waals surface area contributed by atoms with Crippen LogP contribution < -0.4 is 0 Å². The molecule has 3 saturated heterocycles. The van der Waals surface area contributed by atoms with E-state index in [0.717, 1.165) is 0 Å². The van der Waals surface area contributed by atoms with E-state index in [1.165, 1.54) is 4.90 Å². The average molecular weight is 295 g/mol. The molecule has 116 valence electrons. The monoisotopic (exact) mass is 295 g/mol. The molecule has 4 amide bonds. The largest absolute Gasteiger partial charge is 0.380 e. The lowest BCUT2D eigenvalue weighted by atomic mass is 10.1. The molecule has 3 heterocycles. The number of urea groups is 1. The standard InChI is InChI=1S/C14H21N3O4/c1-8(2)15-5-4-10(12(15)18)17-13(19)11-6-9(21-3)7-16(11)14(17)20/h8-11H,4-7H2,1-3H3/t9-,10+,11-/m1/s1. The SMILES string of the molecule is CO[C@@H]1C[C@@H]2C(=O)N([C@H]3CCN(C(C)C)C3=O)C(=O)N2C1. The number of carbonyl (C=O) groups is 3. The van der Waals surface area contributed by atoms with E-state index in [1.807, 2.05) is 13.8 Å². The molecule has 0 spiro atoms. The first kappa shape index (κ1) is 14.3. The molecular weight excluding hydrogens is 274 g/mol. The number of likely N-dealkylation sites (tertiary alicyclic amines) is 1. The molecule has 3 aliphatic heterocycles. The van der Waals surface area contributed by atoms with Gasteiger partial charge in [0.2, 0.25) is 5.91 Å². The van der Waals surface area contributed by atoms with E-state index < -0.39 is 12.1 Å². The Kier molecular flexibility index (Phi) is 3.39. The van der Waals surface area contributed by atoms with E-state index in [9.17, 15) is 14.4 Å². The number of nitrogens with zero attached hydrogens (tertiary/aromatic N) is 3. The lowest BCUT2D eigenvalue weighted by Crippen LogP contribution is -2.47. The molecule has 3 rings (SSSR count). The van der Waals surface area contributed by atoms with Gasteiger partial charge in [-0.05, 0) is 20.3 Å². The third kappa shape index (κ3) is 2.02. The quantitative estimate of drug-likeness (QED) is 0.690. The molecule has 0 aromatic carbocycles. The van der Waals surface area contributed by atoms with Gasteiger partial charge < -0.3 is 14.5 Å². The molecule has 0 aromatic rings. The van der Waals surface area contributed by atoms with Gasteiger partial charge >= 0.3 is 6.03 Å². The first-order valence-corrected chi connectivity index (χ1v) is 7.42. The van der Waals surface area contributed by atoms with Gasteiger partial charge in [0.1, 0.15) is 12.1 Å². The summed E-state index contributed by atoms with van der Waals surface area (Å²) >= 11 is 0. The second kappa shape index (κ2) is 4.98. The Labute approximate surface area is 123 Å². The van der Waals surface area contributed by atoms with Crippen molar-refractivity contribution in [3.63, 3.8) is 0 Å². The lowest BCUT2D eigenvalue weighted by molar-refractivity contribution is -0.139. The van der Waals surface area contributed by atoms with Crippen molar-refractivity contribution in [2.45, 2.75) is 50.9 Å². The van der Waals surface area contributed by atoms with Gasteiger partial charge in [-0.25, -0.2) is 9.69 Å². The highest BCUT2D eigenvalue weighted by Gasteiger charge is 2.55. The molecule has 0 aliphatic carbocycles. The Balaban J connectivity index is 1.78. The highest BCUT2D eigenvalue weighted by molar-refractivity contribution is 6.08. The van der Waals surface area contributed by atoms with E-state index in [0.29, 0.717) is 25.9 Å². The summed E-state index contributed by atoms with van der Waals surface area (Å²) in [7, 11) is 1.58. The fraction of sp³-hybridized carbons (Fsp3) is 0.786. The number of hydrogen-bond donors (Lipinski definition) is 0. The van der Waals surface area contributed by atoms with Crippen LogP contribution in [0.5, 0.6) is 0 Å². The summed E-state index contributed by atoms with van der Waals surface area (Å²) in [4.78, 5) is 41.8. The molecule has 0 bridgehead atoms. The van der Waals surface area contributed by atoms with E-state index in [4.69, 9.17) is 4.74 Å². The summed E-state index contributed by atoms with van der Waals surface area (Å²) in [5, 5.41) is 0. The van der Waals surface area contributed by atoms with Crippen molar-refractivity contribution in [3.8, 4) is 0 Å². The molecule has 0 saturated carbocycles. The second-order valence-corrected chi connectivity index (χ2v) is 6.18. The van der Waals surface area contributed by atoms with Crippen LogP contribution in [0.1, 0.15) is 26.7 Å². The summed E-state index contributed by atoms with van der Waals surface area (Å²) in [5.41, 5.74) is 0. The molecule has 7 heteroatoms. The molecule has 3 fully saturated rings. The van der Waals surface area contributed by atoms with Crippen molar-refractivity contribution < 1.29 is 19.1 Å². The number of fused-ring (bicyclic) bond motifs is 1. The first-order valence-electron chi connectivity index (χ1n) is 7.42. The predicted molar refractivity (Wildman–Crippen MR) is 73.4 cm³/mol. The highest BCUT2D eigenvalue weighted by Crippen LogP contribution is 2.32. The van der Waals surface area contributed by atoms with E-state index in [2.05, 4.69) is 0 Å². The molecule has 0 radical (unpaired) electrons.